The van der Waals surface area contributed by atoms with Gasteiger partial charge in [-0.2, -0.15) is 0 Å². The minimum Gasteiger partial charge on any atom is -0.456 e. The maximum absolute atomic E-state index is 6.90. The van der Waals surface area contributed by atoms with Crippen molar-refractivity contribution in [3.05, 3.63) is 209 Å². The molecule has 2 heteroatoms. The first-order valence-corrected chi connectivity index (χ1v) is 18.2. The zero-order valence-corrected chi connectivity index (χ0v) is 29.1. The van der Waals surface area contributed by atoms with Crippen LogP contribution in [0.3, 0.4) is 0 Å². The van der Waals surface area contributed by atoms with E-state index in [4.69, 9.17) is 4.74 Å². The van der Waals surface area contributed by atoms with Crippen molar-refractivity contribution in [2.24, 2.45) is 0 Å². The first-order valence-electron chi connectivity index (χ1n) is 18.2. The fourth-order valence-corrected chi connectivity index (χ4v) is 9.68. The molecule has 1 unspecified atom stereocenters. The van der Waals surface area contributed by atoms with E-state index in [-0.39, 0.29) is 5.41 Å². The van der Waals surface area contributed by atoms with Crippen molar-refractivity contribution in [2.75, 3.05) is 4.90 Å². The summed E-state index contributed by atoms with van der Waals surface area (Å²) in [6.07, 6.45) is 0. The first kappa shape index (κ1) is 29.4. The minimum atomic E-state index is -0.569. The lowest BCUT2D eigenvalue weighted by atomic mass is 9.65. The van der Waals surface area contributed by atoms with Crippen LogP contribution in [0, 0.1) is 0 Å². The molecule has 0 saturated carbocycles. The van der Waals surface area contributed by atoms with Crippen molar-refractivity contribution >= 4 is 27.8 Å². The Balaban J connectivity index is 1.22. The molecular formula is C50H35NO. The normalized spacial score (nSPS) is 16.7. The van der Waals surface area contributed by atoms with Gasteiger partial charge in [-0.15, -0.1) is 0 Å². The lowest BCUT2D eigenvalue weighted by Crippen LogP contribution is -2.32. The third kappa shape index (κ3) is 3.74. The second-order valence-electron chi connectivity index (χ2n) is 14.8. The molecule has 0 bridgehead atoms. The van der Waals surface area contributed by atoms with Gasteiger partial charge < -0.3 is 9.64 Å². The highest BCUT2D eigenvalue weighted by Gasteiger charge is 2.52. The standard InChI is InChI=1S/C50H35NO/c1-49(2)39-21-10-8-19-36(39)37-29-28-34(31-44(37)49)51(33-16-4-3-5-17-33)45-25-14-24-42-47(45)38-20-9-11-22-40(38)50(42)41-23-12-13-26-46(41)52-48-35-18-7-6-15-32(35)27-30-43(48)50/h3-31H,1-2H3. The molecule has 1 aliphatic heterocycles. The van der Waals surface area contributed by atoms with Crippen molar-refractivity contribution in [1.82, 2.24) is 0 Å². The third-order valence-electron chi connectivity index (χ3n) is 11.9. The SMILES string of the molecule is CC1(C)c2ccccc2-c2ccc(N(c3ccccc3)c3cccc4c3-c3ccccc3C43c4ccccc4Oc4c3ccc3ccccc43)cc21. The molecule has 8 aromatic carbocycles. The van der Waals surface area contributed by atoms with Gasteiger partial charge in [0.1, 0.15) is 11.5 Å². The lowest BCUT2D eigenvalue weighted by Gasteiger charge is -2.40. The van der Waals surface area contributed by atoms with Crippen LogP contribution in [0.2, 0.25) is 0 Å². The average Bonchev–Trinajstić information content (AvgIpc) is 3.62. The van der Waals surface area contributed by atoms with Gasteiger partial charge >= 0.3 is 0 Å². The monoisotopic (exact) mass is 665 g/mol. The summed E-state index contributed by atoms with van der Waals surface area (Å²) in [6.45, 7) is 4.72. The van der Waals surface area contributed by atoms with Crippen molar-refractivity contribution < 1.29 is 4.74 Å². The number of para-hydroxylation sites is 2. The minimum absolute atomic E-state index is 0.113. The molecule has 0 radical (unpaired) electrons. The molecule has 11 rings (SSSR count). The van der Waals surface area contributed by atoms with Crippen LogP contribution < -0.4 is 9.64 Å². The summed E-state index contributed by atoms with van der Waals surface area (Å²) < 4.78 is 6.90. The number of nitrogens with zero attached hydrogens (tertiary/aromatic N) is 1. The summed E-state index contributed by atoms with van der Waals surface area (Å²) in [6, 6.07) is 64.5. The van der Waals surface area contributed by atoms with E-state index < -0.39 is 5.41 Å². The van der Waals surface area contributed by atoms with E-state index in [2.05, 4.69) is 195 Å². The lowest BCUT2D eigenvalue weighted by molar-refractivity contribution is 0.441. The molecule has 1 heterocycles. The van der Waals surface area contributed by atoms with Crippen LogP contribution in [0.1, 0.15) is 47.2 Å². The second-order valence-corrected chi connectivity index (χ2v) is 14.8. The largest absolute Gasteiger partial charge is 0.456 e. The number of hydrogen-bond acceptors (Lipinski definition) is 2. The van der Waals surface area contributed by atoms with Gasteiger partial charge in [-0.1, -0.05) is 153 Å². The van der Waals surface area contributed by atoms with Gasteiger partial charge in [0, 0.05) is 38.9 Å². The van der Waals surface area contributed by atoms with Gasteiger partial charge in [0.15, 0.2) is 0 Å². The molecular weight excluding hydrogens is 631 g/mol. The molecule has 2 aliphatic carbocycles. The smallest absolute Gasteiger partial charge is 0.140 e. The summed E-state index contributed by atoms with van der Waals surface area (Å²) in [5, 5.41) is 2.30. The summed E-state index contributed by atoms with van der Waals surface area (Å²) in [4.78, 5) is 2.47. The van der Waals surface area contributed by atoms with Gasteiger partial charge in [-0.25, -0.2) is 0 Å². The van der Waals surface area contributed by atoms with Crippen LogP contribution in [0.5, 0.6) is 11.5 Å². The molecule has 1 atom stereocenters. The Kier molecular flexibility index (Phi) is 5.97. The molecule has 2 nitrogen and oxygen atoms in total. The fraction of sp³-hybridized carbons (Fsp3) is 0.0800. The van der Waals surface area contributed by atoms with Gasteiger partial charge in [0.2, 0.25) is 0 Å². The van der Waals surface area contributed by atoms with E-state index in [1.54, 1.807) is 0 Å². The quantitative estimate of drug-likeness (QED) is 0.186. The molecule has 3 aliphatic rings. The Bertz CT molecular complexity index is 2760. The summed E-state index contributed by atoms with van der Waals surface area (Å²) in [5.74, 6) is 1.84. The van der Waals surface area contributed by atoms with E-state index in [0.29, 0.717) is 0 Å². The number of fused-ring (bicyclic) bond motifs is 14. The van der Waals surface area contributed by atoms with Crippen LogP contribution >= 0.6 is 0 Å². The maximum atomic E-state index is 6.90. The Labute approximate surface area is 304 Å². The van der Waals surface area contributed by atoms with Crippen LogP contribution in [-0.4, -0.2) is 0 Å². The van der Waals surface area contributed by atoms with Crippen molar-refractivity contribution in [3.63, 3.8) is 0 Å². The number of anilines is 3. The summed E-state index contributed by atoms with van der Waals surface area (Å²) in [5.41, 5.74) is 15.6. The summed E-state index contributed by atoms with van der Waals surface area (Å²) in [7, 11) is 0. The van der Waals surface area contributed by atoms with E-state index >= 15 is 0 Å². The van der Waals surface area contributed by atoms with Crippen LogP contribution in [0.25, 0.3) is 33.0 Å². The molecule has 0 N–H and O–H groups in total. The second kappa shape index (κ2) is 10.6. The first-order chi connectivity index (χ1) is 25.6. The predicted octanol–water partition coefficient (Wildman–Crippen LogP) is 13.1. The van der Waals surface area contributed by atoms with Crippen LogP contribution in [0.4, 0.5) is 17.1 Å². The van der Waals surface area contributed by atoms with E-state index in [1.807, 2.05) is 0 Å². The van der Waals surface area contributed by atoms with Crippen LogP contribution in [-0.2, 0) is 10.8 Å². The highest BCUT2D eigenvalue weighted by molar-refractivity contribution is 6.01. The summed E-state index contributed by atoms with van der Waals surface area (Å²) >= 11 is 0. The predicted molar refractivity (Wildman–Crippen MR) is 214 cm³/mol. The van der Waals surface area contributed by atoms with Crippen molar-refractivity contribution in [3.8, 4) is 33.8 Å². The van der Waals surface area contributed by atoms with Crippen molar-refractivity contribution in [1.29, 1.82) is 0 Å². The van der Waals surface area contributed by atoms with Gasteiger partial charge in [-0.05, 0) is 80.7 Å². The Morgan fingerprint density at radius 1 is 0.442 bits per heavy atom. The average molecular weight is 666 g/mol. The topological polar surface area (TPSA) is 12.5 Å². The highest BCUT2D eigenvalue weighted by Crippen LogP contribution is 2.65. The molecule has 0 amide bonds. The molecule has 246 valence electrons. The fourth-order valence-electron chi connectivity index (χ4n) is 9.68. The Morgan fingerprint density at radius 2 is 1.12 bits per heavy atom. The molecule has 0 saturated heterocycles. The van der Waals surface area contributed by atoms with E-state index in [1.165, 1.54) is 61.0 Å². The zero-order valence-electron chi connectivity index (χ0n) is 29.1. The molecule has 0 fully saturated rings. The Hall–Kier alpha value is -6.38. The molecule has 8 aromatic rings. The van der Waals surface area contributed by atoms with Gasteiger partial charge in [0.25, 0.3) is 0 Å². The number of rotatable bonds is 3. The highest BCUT2D eigenvalue weighted by atomic mass is 16.5. The maximum Gasteiger partial charge on any atom is 0.140 e. The third-order valence-corrected chi connectivity index (χ3v) is 11.9. The van der Waals surface area contributed by atoms with E-state index in [0.717, 1.165) is 33.9 Å². The zero-order chi connectivity index (χ0) is 34.6. The number of ether oxygens (including phenoxy) is 1. The van der Waals surface area contributed by atoms with Gasteiger partial charge in [0.05, 0.1) is 11.1 Å². The number of hydrogen-bond donors (Lipinski definition) is 0. The van der Waals surface area contributed by atoms with Crippen molar-refractivity contribution in [2.45, 2.75) is 24.7 Å². The molecule has 52 heavy (non-hydrogen) atoms. The molecule has 0 aromatic heterocycles. The Morgan fingerprint density at radius 3 is 1.98 bits per heavy atom. The molecule has 1 spiro atoms. The van der Waals surface area contributed by atoms with Gasteiger partial charge in [-0.3, -0.25) is 0 Å². The van der Waals surface area contributed by atoms with E-state index in [9.17, 15) is 0 Å². The van der Waals surface area contributed by atoms with Crippen LogP contribution in [0.15, 0.2) is 176 Å². The number of benzene rings is 8.